The van der Waals surface area contributed by atoms with Crippen LogP contribution in [0.2, 0.25) is 0 Å². The van der Waals surface area contributed by atoms with E-state index in [0.29, 0.717) is 6.04 Å². The van der Waals surface area contributed by atoms with Crippen LogP contribution < -0.4 is 10.6 Å². The molecular formula is C13H16N4. The van der Waals surface area contributed by atoms with E-state index in [1.165, 1.54) is 12.8 Å². The molecule has 0 radical (unpaired) electrons. The summed E-state index contributed by atoms with van der Waals surface area (Å²) in [5, 5.41) is 7.82. The number of para-hydroxylation sites is 1. The maximum Gasteiger partial charge on any atom is 0.223 e. The third-order valence-electron chi connectivity index (χ3n) is 3.16. The van der Waals surface area contributed by atoms with Crippen LogP contribution in [-0.2, 0) is 0 Å². The normalized spacial score (nSPS) is 19.6. The SMILES string of the molecule is c1ccc2nc(NCC3CCCN3)ncc2c1. The van der Waals surface area contributed by atoms with Crippen molar-refractivity contribution in [3.8, 4) is 0 Å². The maximum atomic E-state index is 4.49. The molecule has 2 N–H and O–H groups in total. The average molecular weight is 228 g/mol. The lowest BCUT2D eigenvalue weighted by atomic mass is 10.2. The lowest BCUT2D eigenvalue weighted by Gasteiger charge is -2.11. The van der Waals surface area contributed by atoms with E-state index in [1.54, 1.807) is 0 Å². The minimum Gasteiger partial charge on any atom is -0.353 e. The molecule has 0 bridgehead atoms. The highest BCUT2D eigenvalue weighted by Crippen LogP contribution is 2.12. The van der Waals surface area contributed by atoms with Gasteiger partial charge in [0.25, 0.3) is 0 Å². The minimum absolute atomic E-state index is 0.560. The Bertz CT molecular complexity index is 506. The second-order valence-corrected chi connectivity index (χ2v) is 4.43. The molecule has 1 unspecified atom stereocenters. The summed E-state index contributed by atoms with van der Waals surface area (Å²) in [4.78, 5) is 8.80. The molecule has 1 aliphatic rings. The van der Waals surface area contributed by atoms with Gasteiger partial charge in [-0.25, -0.2) is 9.97 Å². The lowest BCUT2D eigenvalue weighted by Crippen LogP contribution is -2.29. The van der Waals surface area contributed by atoms with Crippen LogP contribution in [0.4, 0.5) is 5.95 Å². The topological polar surface area (TPSA) is 49.8 Å². The Balaban J connectivity index is 1.72. The molecule has 2 heterocycles. The Hall–Kier alpha value is -1.68. The number of anilines is 1. The molecule has 4 nitrogen and oxygen atoms in total. The minimum atomic E-state index is 0.560. The quantitative estimate of drug-likeness (QED) is 0.841. The van der Waals surface area contributed by atoms with Crippen LogP contribution in [-0.4, -0.2) is 29.1 Å². The van der Waals surface area contributed by atoms with Crippen molar-refractivity contribution in [3.63, 3.8) is 0 Å². The molecule has 17 heavy (non-hydrogen) atoms. The number of hydrogen-bond acceptors (Lipinski definition) is 4. The molecule has 1 saturated heterocycles. The first-order valence-electron chi connectivity index (χ1n) is 6.11. The predicted octanol–water partition coefficient (Wildman–Crippen LogP) is 1.79. The summed E-state index contributed by atoms with van der Waals surface area (Å²) in [5.41, 5.74) is 0.990. The van der Waals surface area contributed by atoms with Gasteiger partial charge in [0.1, 0.15) is 0 Å². The second-order valence-electron chi connectivity index (χ2n) is 4.43. The van der Waals surface area contributed by atoms with E-state index in [9.17, 15) is 0 Å². The summed E-state index contributed by atoms with van der Waals surface area (Å²) in [5.74, 6) is 0.720. The number of hydrogen-bond donors (Lipinski definition) is 2. The third kappa shape index (κ3) is 2.36. The van der Waals surface area contributed by atoms with E-state index in [4.69, 9.17) is 0 Å². The molecule has 1 aromatic carbocycles. The van der Waals surface area contributed by atoms with Crippen LogP contribution >= 0.6 is 0 Å². The van der Waals surface area contributed by atoms with Crippen molar-refractivity contribution >= 4 is 16.9 Å². The van der Waals surface area contributed by atoms with Gasteiger partial charge >= 0.3 is 0 Å². The van der Waals surface area contributed by atoms with E-state index in [0.717, 1.165) is 29.9 Å². The van der Waals surface area contributed by atoms with Crippen molar-refractivity contribution in [3.05, 3.63) is 30.5 Å². The van der Waals surface area contributed by atoms with E-state index >= 15 is 0 Å². The van der Waals surface area contributed by atoms with Gasteiger partial charge in [-0.05, 0) is 25.5 Å². The molecule has 1 atom stereocenters. The fourth-order valence-corrected chi connectivity index (χ4v) is 2.20. The van der Waals surface area contributed by atoms with Crippen LogP contribution in [0.1, 0.15) is 12.8 Å². The molecule has 0 saturated carbocycles. The van der Waals surface area contributed by atoms with Gasteiger partial charge in [0.15, 0.2) is 0 Å². The fraction of sp³-hybridized carbons (Fsp3) is 0.385. The predicted molar refractivity (Wildman–Crippen MR) is 69.1 cm³/mol. The molecule has 3 rings (SSSR count). The molecule has 0 spiro atoms. The molecule has 4 heteroatoms. The zero-order chi connectivity index (χ0) is 11.5. The number of nitrogens with zero attached hydrogens (tertiary/aromatic N) is 2. The van der Waals surface area contributed by atoms with Crippen molar-refractivity contribution in [1.29, 1.82) is 0 Å². The Morgan fingerprint density at radius 3 is 3.18 bits per heavy atom. The summed E-state index contributed by atoms with van der Waals surface area (Å²) < 4.78 is 0. The Labute approximate surface area is 100 Å². The highest BCUT2D eigenvalue weighted by Gasteiger charge is 2.13. The van der Waals surface area contributed by atoms with Gasteiger partial charge in [0.2, 0.25) is 5.95 Å². The van der Waals surface area contributed by atoms with Gasteiger partial charge < -0.3 is 10.6 Å². The highest BCUT2D eigenvalue weighted by molar-refractivity contribution is 5.78. The first kappa shape index (κ1) is 10.5. The Morgan fingerprint density at radius 2 is 2.29 bits per heavy atom. The van der Waals surface area contributed by atoms with E-state index in [2.05, 4.69) is 20.6 Å². The number of rotatable bonds is 3. The number of aromatic nitrogens is 2. The van der Waals surface area contributed by atoms with Gasteiger partial charge in [0, 0.05) is 24.2 Å². The van der Waals surface area contributed by atoms with Crippen molar-refractivity contribution in [1.82, 2.24) is 15.3 Å². The molecular weight excluding hydrogens is 212 g/mol. The standard InChI is InChI=1S/C13H16N4/c1-2-6-12-10(4-1)8-15-13(17-12)16-9-11-5-3-7-14-11/h1-2,4,6,8,11,14H,3,5,7,9H2,(H,15,16,17). The Kier molecular flexibility index (Phi) is 2.88. The van der Waals surface area contributed by atoms with E-state index in [-0.39, 0.29) is 0 Å². The molecule has 0 amide bonds. The molecule has 1 fully saturated rings. The molecule has 1 aliphatic heterocycles. The smallest absolute Gasteiger partial charge is 0.223 e. The van der Waals surface area contributed by atoms with Crippen LogP contribution in [0, 0.1) is 0 Å². The summed E-state index contributed by atoms with van der Waals surface area (Å²) >= 11 is 0. The first-order valence-corrected chi connectivity index (χ1v) is 6.11. The molecule has 88 valence electrons. The number of benzene rings is 1. The fourth-order valence-electron chi connectivity index (χ4n) is 2.20. The second kappa shape index (κ2) is 4.67. The van der Waals surface area contributed by atoms with Crippen LogP contribution in [0.5, 0.6) is 0 Å². The van der Waals surface area contributed by atoms with Crippen molar-refractivity contribution in [2.45, 2.75) is 18.9 Å². The summed E-state index contributed by atoms with van der Waals surface area (Å²) in [6.07, 6.45) is 4.37. The average Bonchev–Trinajstić information content (AvgIpc) is 2.89. The van der Waals surface area contributed by atoms with Gasteiger partial charge in [0.05, 0.1) is 5.52 Å². The monoisotopic (exact) mass is 228 g/mol. The van der Waals surface area contributed by atoms with Gasteiger partial charge in [-0.1, -0.05) is 18.2 Å². The summed E-state index contributed by atoms with van der Waals surface area (Å²) in [6.45, 7) is 2.03. The zero-order valence-corrected chi connectivity index (χ0v) is 9.69. The summed E-state index contributed by atoms with van der Waals surface area (Å²) in [7, 11) is 0. The largest absolute Gasteiger partial charge is 0.353 e. The molecule has 2 aromatic rings. The zero-order valence-electron chi connectivity index (χ0n) is 9.69. The summed E-state index contributed by atoms with van der Waals surface area (Å²) in [6, 6.07) is 8.59. The van der Waals surface area contributed by atoms with Gasteiger partial charge in [-0.15, -0.1) is 0 Å². The van der Waals surface area contributed by atoms with E-state index in [1.807, 2.05) is 30.5 Å². The van der Waals surface area contributed by atoms with Crippen molar-refractivity contribution in [2.24, 2.45) is 0 Å². The van der Waals surface area contributed by atoms with Gasteiger partial charge in [-0.3, -0.25) is 0 Å². The van der Waals surface area contributed by atoms with Gasteiger partial charge in [-0.2, -0.15) is 0 Å². The van der Waals surface area contributed by atoms with Crippen molar-refractivity contribution in [2.75, 3.05) is 18.4 Å². The van der Waals surface area contributed by atoms with Crippen LogP contribution in [0.15, 0.2) is 30.5 Å². The van der Waals surface area contributed by atoms with Crippen LogP contribution in [0.3, 0.4) is 0 Å². The molecule has 1 aromatic heterocycles. The number of nitrogens with one attached hydrogen (secondary N) is 2. The molecule has 0 aliphatic carbocycles. The maximum absolute atomic E-state index is 4.49. The Morgan fingerprint density at radius 1 is 1.35 bits per heavy atom. The van der Waals surface area contributed by atoms with Crippen LogP contribution in [0.25, 0.3) is 10.9 Å². The lowest BCUT2D eigenvalue weighted by molar-refractivity contribution is 0.631. The van der Waals surface area contributed by atoms with Crippen molar-refractivity contribution < 1.29 is 0 Å². The first-order chi connectivity index (χ1) is 8.42. The third-order valence-corrected chi connectivity index (χ3v) is 3.16. The van der Waals surface area contributed by atoms with E-state index < -0.39 is 0 Å². The number of fused-ring (bicyclic) bond motifs is 1. The highest BCUT2D eigenvalue weighted by atomic mass is 15.1.